The van der Waals surface area contributed by atoms with Gasteiger partial charge in [-0.05, 0) is 46.3 Å². The second-order valence-electron chi connectivity index (χ2n) is 4.38. The summed E-state index contributed by atoms with van der Waals surface area (Å²) in [5.41, 5.74) is 1.89. The molecule has 102 valence electrons. The van der Waals surface area contributed by atoms with Crippen LogP contribution in [0.15, 0.2) is 41.0 Å². The van der Waals surface area contributed by atoms with Gasteiger partial charge < -0.3 is 10.1 Å². The van der Waals surface area contributed by atoms with Crippen LogP contribution in [0.25, 0.3) is 11.0 Å². The molecule has 20 heavy (non-hydrogen) atoms. The van der Waals surface area contributed by atoms with Crippen molar-refractivity contribution < 1.29 is 5.11 Å². The third-order valence-electron chi connectivity index (χ3n) is 3.00. The van der Waals surface area contributed by atoms with E-state index in [0.29, 0.717) is 26.9 Å². The Labute approximate surface area is 133 Å². The monoisotopic (exact) mass is 370 g/mol. The van der Waals surface area contributed by atoms with E-state index in [4.69, 9.17) is 23.2 Å². The molecule has 0 saturated heterocycles. The van der Waals surface area contributed by atoms with Crippen molar-refractivity contribution in [1.29, 1.82) is 0 Å². The SMILES string of the molecule is OC(c1cc2cc(Br)cnc2[nH]1)c1cc(Cl)ccc1Cl. The first-order chi connectivity index (χ1) is 9.54. The molecule has 1 aromatic carbocycles. The van der Waals surface area contributed by atoms with Gasteiger partial charge in [-0.15, -0.1) is 0 Å². The van der Waals surface area contributed by atoms with Gasteiger partial charge in [-0.1, -0.05) is 23.2 Å². The van der Waals surface area contributed by atoms with Crippen molar-refractivity contribution in [3.8, 4) is 0 Å². The van der Waals surface area contributed by atoms with Crippen molar-refractivity contribution in [1.82, 2.24) is 9.97 Å². The summed E-state index contributed by atoms with van der Waals surface area (Å²) < 4.78 is 0.880. The topological polar surface area (TPSA) is 48.9 Å². The first-order valence-electron chi connectivity index (χ1n) is 5.82. The molecule has 0 spiro atoms. The predicted octanol–water partition coefficient (Wildman–Crippen LogP) is 4.71. The van der Waals surface area contributed by atoms with Crippen LogP contribution >= 0.6 is 39.1 Å². The van der Waals surface area contributed by atoms with Crippen LogP contribution < -0.4 is 0 Å². The molecule has 2 aromatic heterocycles. The lowest BCUT2D eigenvalue weighted by Crippen LogP contribution is -2.00. The molecule has 3 aromatic rings. The third kappa shape index (κ3) is 2.56. The molecule has 6 heteroatoms. The minimum absolute atomic E-state index is 0.467. The second-order valence-corrected chi connectivity index (χ2v) is 6.14. The summed E-state index contributed by atoms with van der Waals surface area (Å²) in [4.78, 5) is 7.33. The lowest BCUT2D eigenvalue weighted by Gasteiger charge is -2.11. The Kier molecular flexibility index (Phi) is 3.73. The average molecular weight is 372 g/mol. The fourth-order valence-electron chi connectivity index (χ4n) is 2.05. The summed E-state index contributed by atoms with van der Waals surface area (Å²) in [5.74, 6) is 0. The highest BCUT2D eigenvalue weighted by molar-refractivity contribution is 9.10. The van der Waals surface area contributed by atoms with Crippen molar-refractivity contribution >= 4 is 50.2 Å². The van der Waals surface area contributed by atoms with Gasteiger partial charge in [0.15, 0.2) is 0 Å². The van der Waals surface area contributed by atoms with Gasteiger partial charge in [0.1, 0.15) is 11.8 Å². The minimum Gasteiger partial charge on any atom is -0.382 e. The van der Waals surface area contributed by atoms with Crippen LogP contribution in [0.2, 0.25) is 10.0 Å². The first kappa shape index (κ1) is 13.9. The number of rotatable bonds is 2. The molecule has 2 heterocycles. The van der Waals surface area contributed by atoms with E-state index >= 15 is 0 Å². The fraction of sp³-hybridized carbons (Fsp3) is 0.0714. The molecular formula is C14H9BrCl2N2O. The van der Waals surface area contributed by atoms with Crippen LogP contribution in [-0.2, 0) is 0 Å². The highest BCUT2D eigenvalue weighted by Crippen LogP contribution is 2.31. The van der Waals surface area contributed by atoms with Gasteiger partial charge >= 0.3 is 0 Å². The summed E-state index contributed by atoms with van der Waals surface area (Å²) in [6, 6.07) is 8.77. The van der Waals surface area contributed by atoms with E-state index in [-0.39, 0.29) is 0 Å². The smallest absolute Gasteiger partial charge is 0.137 e. The number of hydrogen-bond donors (Lipinski definition) is 2. The Morgan fingerprint density at radius 3 is 2.80 bits per heavy atom. The maximum atomic E-state index is 10.5. The average Bonchev–Trinajstić information content (AvgIpc) is 2.83. The van der Waals surface area contributed by atoms with Crippen molar-refractivity contribution in [3.05, 3.63) is 62.3 Å². The molecule has 0 aliphatic heterocycles. The molecule has 0 aliphatic carbocycles. The zero-order valence-corrected chi connectivity index (χ0v) is 13.2. The molecule has 3 rings (SSSR count). The maximum Gasteiger partial charge on any atom is 0.137 e. The Morgan fingerprint density at radius 2 is 2.00 bits per heavy atom. The molecule has 0 aliphatic rings. The van der Waals surface area contributed by atoms with E-state index in [1.807, 2.05) is 12.1 Å². The zero-order valence-electron chi connectivity index (χ0n) is 10.1. The highest BCUT2D eigenvalue weighted by Gasteiger charge is 2.17. The number of aliphatic hydroxyl groups excluding tert-OH is 1. The van der Waals surface area contributed by atoms with Gasteiger partial charge in [-0.3, -0.25) is 0 Å². The van der Waals surface area contributed by atoms with Crippen molar-refractivity contribution in [3.63, 3.8) is 0 Å². The van der Waals surface area contributed by atoms with Crippen molar-refractivity contribution in [2.45, 2.75) is 6.10 Å². The van der Waals surface area contributed by atoms with Gasteiger partial charge in [0.05, 0.1) is 5.69 Å². The van der Waals surface area contributed by atoms with Crippen LogP contribution in [0.3, 0.4) is 0 Å². The maximum absolute atomic E-state index is 10.5. The highest BCUT2D eigenvalue weighted by atomic mass is 79.9. The van der Waals surface area contributed by atoms with Crippen LogP contribution in [-0.4, -0.2) is 15.1 Å². The number of aromatic nitrogens is 2. The number of pyridine rings is 1. The Hall–Kier alpha value is -1.07. The van der Waals surface area contributed by atoms with E-state index < -0.39 is 6.10 Å². The lowest BCUT2D eigenvalue weighted by molar-refractivity contribution is 0.216. The number of H-pyrrole nitrogens is 1. The Morgan fingerprint density at radius 1 is 1.20 bits per heavy atom. The zero-order chi connectivity index (χ0) is 14.3. The lowest BCUT2D eigenvalue weighted by atomic mass is 10.1. The number of benzene rings is 1. The van der Waals surface area contributed by atoms with E-state index in [0.717, 1.165) is 9.86 Å². The van der Waals surface area contributed by atoms with Crippen LogP contribution in [0.1, 0.15) is 17.4 Å². The first-order valence-corrected chi connectivity index (χ1v) is 7.36. The number of nitrogens with one attached hydrogen (secondary N) is 1. The molecule has 0 bridgehead atoms. The Balaban J connectivity index is 2.07. The molecule has 0 fully saturated rings. The minimum atomic E-state index is -0.880. The van der Waals surface area contributed by atoms with Crippen LogP contribution in [0, 0.1) is 0 Å². The van der Waals surface area contributed by atoms with E-state index in [1.54, 1.807) is 24.4 Å². The van der Waals surface area contributed by atoms with Gasteiger partial charge in [-0.2, -0.15) is 0 Å². The van der Waals surface area contributed by atoms with Crippen LogP contribution in [0.5, 0.6) is 0 Å². The molecule has 0 saturated carbocycles. The molecule has 0 amide bonds. The molecular weight excluding hydrogens is 363 g/mol. The molecule has 3 nitrogen and oxygen atoms in total. The normalized spacial score (nSPS) is 12.8. The van der Waals surface area contributed by atoms with Crippen molar-refractivity contribution in [2.75, 3.05) is 0 Å². The van der Waals surface area contributed by atoms with Gasteiger partial charge in [0.25, 0.3) is 0 Å². The summed E-state index contributed by atoms with van der Waals surface area (Å²) in [5, 5.41) is 12.4. The second kappa shape index (κ2) is 5.37. The third-order valence-corrected chi connectivity index (χ3v) is 4.02. The molecule has 1 unspecified atom stereocenters. The number of aliphatic hydroxyl groups is 1. The number of halogens is 3. The van der Waals surface area contributed by atoms with Gasteiger partial charge in [-0.25, -0.2) is 4.98 Å². The van der Waals surface area contributed by atoms with Crippen molar-refractivity contribution in [2.24, 2.45) is 0 Å². The van der Waals surface area contributed by atoms with E-state index in [2.05, 4.69) is 25.9 Å². The molecule has 1 atom stereocenters. The number of nitrogens with zero attached hydrogens (tertiary/aromatic N) is 1. The quantitative estimate of drug-likeness (QED) is 0.685. The summed E-state index contributed by atoms with van der Waals surface area (Å²) in [7, 11) is 0. The van der Waals surface area contributed by atoms with E-state index in [1.165, 1.54) is 0 Å². The Bertz CT molecular complexity index is 788. The number of hydrogen-bond acceptors (Lipinski definition) is 2. The number of aromatic amines is 1. The van der Waals surface area contributed by atoms with E-state index in [9.17, 15) is 5.11 Å². The number of fused-ring (bicyclic) bond motifs is 1. The largest absolute Gasteiger partial charge is 0.382 e. The summed E-state index contributed by atoms with van der Waals surface area (Å²) >= 11 is 15.4. The summed E-state index contributed by atoms with van der Waals surface area (Å²) in [6.45, 7) is 0. The predicted molar refractivity (Wildman–Crippen MR) is 84.3 cm³/mol. The molecule has 0 radical (unpaired) electrons. The standard InChI is InChI=1S/C14H9BrCl2N2O/c15-8-3-7-4-12(19-14(7)18-6-8)13(20)10-5-9(16)1-2-11(10)17/h1-6,13,20H,(H,18,19). The van der Waals surface area contributed by atoms with Crippen LogP contribution in [0.4, 0.5) is 0 Å². The molecule has 2 N–H and O–H groups in total. The fourth-order valence-corrected chi connectivity index (χ4v) is 2.80. The van der Waals surface area contributed by atoms with Gasteiger partial charge in [0.2, 0.25) is 0 Å². The van der Waals surface area contributed by atoms with Gasteiger partial charge in [0, 0.05) is 31.7 Å². The summed E-state index contributed by atoms with van der Waals surface area (Å²) in [6.07, 6.45) is 0.815.